The number of thiophene rings is 1. The fraction of sp³-hybridized carbons (Fsp3) is 0.429. The molecule has 3 nitrogen and oxygen atoms in total. The van der Waals surface area contributed by atoms with Gasteiger partial charge in [-0.25, -0.2) is 9.97 Å². The number of anilines is 1. The standard InChI is InChI=1S/C14H19N3S/c1-8-11(10-6-7-18-9(10)2)16-13(14(3,4)5)17-12(8)15/h6-7H,1-5H3,(H2,15,16,17). The molecule has 2 rings (SSSR count). The number of aromatic nitrogens is 2. The number of nitrogens with zero attached hydrogens (tertiary/aromatic N) is 2. The molecular weight excluding hydrogens is 242 g/mol. The van der Waals surface area contributed by atoms with Gasteiger partial charge in [0.15, 0.2) is 0 Å². The minimum absolute atomic E-state index is 0.0967. The van der Waals surface area contributed by atoms with Gasteiger partial charge in [-0.3, -0.25) is 0 Å². The van der Waals surface area contributed by atoms with Crippen LogP contribution >= 0.6 is 11.3 Å². The minimum Gasteiger partial charge on any atom is -0.383 e. The lowest BCUT2D eigenvalue weighted by Gasteiger charge is -2.19. The lowest BCUT2D eigenvalue weighted by Crippen LogP contribution is -2.18. The summed E-state index contributed by atoms with van der Waals surface area (Å²) in [6.45, 7) is 10.4. The van der Waals surface area contributed by atoms with Crippen molar-refractivity contribution in [3.8, 4) is 11.3 Å². The monoisotopic (exact) mass is 261 g/mol. The number of nitrogen functional groups attached to an aromatic ring is 1. The van der Waals surface area contributed by atoms with Gasteiger partial charge in [0.1, 0.15) is 11.6 Å². The molecule has 2 N–H and O–H groups in total. The van der Waals surface area contributed by atoms with E-state index < -0.39 is 0 Å². The van der Waals surface area contributed by atoms with E-state index in [0.29, 0.717) is 5.82 Å². The predicted molar refractivity (Wildman–Crippen MR) is 77.9 cm³/mol. The number of hydrogen-bond acceptors (Lipinski definition) is 4. The first-order chi connectivity index (χ1) is 8.30. The summed E-state index contributed by atoms with van der Waals surface area (Å²) in [5.74, 6) is 1.38. The summed E-state index contributed by atoms with van der Waals surface area (Å²) < 4.78 is 0. The molecule has 2 heterocycles. The van der Waals surface area contributed by atoms with Crippen molar-refractivity contribution in [3.05, 3.63) is 27.7 Å². The Morgan fingerprint density at radius 1 is 1.17 bits per heavy atom. The van der Waals surface area contributed by atoms with Crippen LogP contribution in [0.25, 0.3) is 11.3 Å². The first-order valence-corrected chi connectivity index (χ1v) is 6.87. The van der Waals surface area contributed by atoms with E-state index in [-0.39, 0.29) is 5.41 Å². The number of aryl methyl sites for hydroxylation is 1. The molecule has 0 atom stereocenters. The van der Waals surface area contributed by atoms with Gasteiger partial charge in [-0.2, -0.15) is 0 Å². The second-order valence-corrected chi connectivity index (χ2v) is 6.67. The summed E-state index contributed by atoms with van der Waals surface area (Å²) in [4.78, 5) is 10.4. The minimum atomic E-state index is -0.0967. The highest BCUT2D eigenvalue weighted by Crippen LogP contribution is 2.32. The molecule has 0 saturated heterocycles. The first-order valence-electron chi connectivity index (χ1n) is 5.99. The molecule has 0 unspecified atom stereocenters. The van der Waals surface area contributed by atoms with Crippen molar-refractivity contribution >= 4 is 17.2 Å². The molecule has 96 valence electrons. The molecule has 0 aromatic carbocycles. The van der Waals surface area contributed by atoms with Gasteiger partial charge in [-0.1, -0.05) is 20.8 Å². The average molecular weight is 261 g/mol. The lowest BCUT2D eigenvalue weighted by atomic mass is 9.95. The summed E-state index contributed by atoms with van der Waals surface area (Å²) in [6, 6.07) is 2.10. The Morgan fingerprint density at radius 3 is 2.33 bits per heavy atom. The summed E-state index contributed by atoms with van der Waals surface area (Å²) in [5, 5.41) is 2.08. The average Bonchev–Trinajstić information content (AvgIpc) is 2.67. The van der Waals surface area contributed by atoms with Crippen LogP contribution in [0.2, 0.25) is 0 Å². The maximum absolute atomic E-state index is 6.03. The fourth-order valence-electron chi connectivity index (χ4n) is 1.76. The zero-order valence-electron chi connectivity index (χ0n) is 11.5. The van der Waals surface area contributed by atoms with E-state index in [2.05, 4.69) is 44.1 Å². The molecule has 0 amide bonds. The van der Waals surface area contributed by atoms with Crippen LogP contribution in [0.3, 0.4) is 0 Å². The van der Waals surface area contributed by atoms with E-state index in [1.165, 1.54) is 4.88 Å². The van der Waals surface area contributed by atoms with Crippen LogP contribution in [-0.4, -0.2) is 9.97 Å². The zero-order chi connectivity index (χ0) is 13.5. The highest BCUT2D eigenvalue weighted by Gasteiger charge is 2.21. The first kappa shape index (κ1) is 13.0. The van der Waals surface area contributed by atoms with E-state index in [9.17, 15) is 0 Å². The third-order valence-electron chi connectivity index (χ3n) is 2.97. The Bertz CT molecular complexity index is 579. The van der Waals surface area contributed by atoms with Crippen molar-refractivity contribution in [3.63, 3.8) is 0 Å². The van der Waals surface area contributed by atoms with Gasteiger partial charge in [-0.05, 0) is 25.3 Å². The predicted octanol–water partition coefficient (Wildman–Crippen LogP) is 3.70. The second kappa shape index (κ2) is 4.35. The maximum atomic E-state index is 6.03. The van der Waals surface area contributed by atoms with Gasteiger partial charge in [0.05, 0.1) is 5.69 Å². The van der Waals surface area contributed by atoms with Gasteiger partial charge >= 0.3 is 0 Å². The smallest absolute Gasteiger partial charge is 0.136 e. The quantitative estimate of drug-likeness (QED) is 0.851. The Hall–Kier alpha value is -1.42. The van der Waals surface area contributed by atoms with Crippen LogP contribution in [-0.2, 0) is 5.41 Å². The molecule has 0 aliphatic carbocycles. The molecule has 0 aliphatic rings. The highest BCUT2D eigenvalue weighted by molar-refractivity contribution is 7.10. The number of nitrogens with two attached hydrogens (primary N) is 1. The van der Waals surface area contributed by atoms with Crippen LogP contribution in [0.5, 0.6) is 0 Å². The Balaban J connectivity index is 2.68. The van der Waals surface area contributed by atoms with E-state index in [4.69, 9.17) is 10.7 Å². The van der Waals surface area contributed by atoms with E-state index in [1.807, 2.05) is 6.92 Å². The second-order valence-electron chi connectivity index (χ2n) is 5.55. The van der Waals surface area contributed by atoms with Gasteiger partial charge in [0.25, 0.3) is 0 Å². The molecule has 0 fully saturated rings. The summed E-state index contributed by atoms with van der Waals surface area (Å²) in [7, 11) is 0. The molecule has 2 aromatic rings. The largest absolute Gasteiger partial charge is 0.383 e. The summed E-state index contributed by atoms with van der Waals surface area (Å²) in [5.41, 5.74) is 9.02. The normalized spacial score (nSPS) is 11.8. The maximum Gasteiger partial charge on any atom is 0.136 e. The van der Waals surface area contributed by atoms with Crippen molar-refractivity contribution in [2.24, 2.45) is 0 Å². The van der Waals surface area contributed by atoms with E-state index in [0.717, 1.165) is 22.6 Å². The molecule has 0 radical (unpaired) electrons. The molecule has 2 aromatic heterocycles. The van der Waals surface area contributed by atoms with Crippen LogP contribution in [0.1, 0.15) is 37.0 Å². The van der Waals surface area contributed by atoms with Crippen molar-refractivity contribution in [1.82, 2.24) is 9.97 Å². The van der Waals surface area contributed by atoms with Gasteiger partial charge in [-0.15, -0.1) is 11.3 Å². The SMILES string of the molecule is Cc1sccc1-c1nc(C(C)(C)C)nc(N)c1C. The molecule has 0 spiro atoms. The van der Waals surface area contributed by atoms with E-state index in [1.54, 1.807) is 11.3 Å². The summed E-state index contributed by atoms with van der Waals surface area (Å²) >= 11 is 1.73. The van der Waals surface area contributed by atoms with Crippen LogP contribution in [0, 0.1) is 13.8 Å². The zero-order valence-corrected chi connectivity index (χ0v) is 12.4. The topological polar surface area (TPSA) is 51.8 Å². The van der Waals surface area contributed by atoms with E-state index >= 15 is 0 Å². The Labute approximate surface area is 112 Å². The molecular formula is C14H19N3S. The van der Waals surface area contributed by atoms with Gasteiger partial charge < -0.3 is 5.73 Å². The third-order valence-corrected chi connectivity index (χ3v) is 3.81. The van der Waals surface area contributed by atoms with Crippen molar-refractivity contribution in [2.75, 3.05) is 5.73 Å². The Morgan fingerprint density at radius 2 is 1.83 bits per heavy atom. The van der Waals surface area contributed by atoms with Crippen molar-refractivity contribution < 1.29 is 0 Å². The van der Waals surface area contributed by atoms with Crippen LogP contribution in [0.15, 0.2) is 11.4 Å². The molecule has 4 heteroatoms. The third kappa shape index (κ3) is 2.25. The number of hydrogen-bond donors (Lipinski definition) is 1. The molecule has 0 bridgehead atoms. The van der Waals surface area contributed by atoms with Crippen molar-refractivity contribution in [2.45, 2.75) is 40.0 Å². The van der Waals surface area contributed by atoms with Crippen molar-refractivity contribution in [1.29, 1.82) is 0 Å². The lowest BCUT2D eigenvalue weighted by molar-refractivity contribution is 0.546. The van der Waals surface area contributed by atoms with Crippen LogP contribution in [0.4, 0.5) is 5.82 Å². The molecule has 18 heavy (non-hydrogen) atoms. The fourth-order valence-corrected chi connectivity index (χ4v) is 2.46. The Kier molecular flexibility index (Phi) is 3.15. The molecule has 0 aliphatic heterocycles. The molecule has 0 saturated carbocycles. The van der Waals surface area contributed by atoms with Gasteiger partial charge in [0.2, 0.25) is 0 Å². The highest BCUT2D eigenvalue weighted by atomic mass is 32.1. The number of rotatable bonds is 1. The summed E-state index contributed by atoms with van der Waals surface area (Å²) in [6.07, 6.45) is 0. The van der Waals surface area contributed by atoms with Crippen LogP contribution < -0.4 is 5.73 Å². The van der Waals surface area contributed by atoms with Gasteiger partial charge in [0, 0.05) is 21.4 Å².